The van der Waals surface area contributed by atoms with Gasteiger partial charge in [-0.15, -0.1) is 0 Å². The molecule has 0 fully saturated rings. The maximum absolute atomic E-state index is 2.75. The molecule has 42 valence electrons. The van der Waals surface area contributed by atoms with Gasteiger partial charge in [0.15, 0.2) is 0 Å². The molecule has 0 bridgehead atoms. The van der Waals surface area contributed by atoms with E-state index in [4.69, 9.17) is 0 Å². The Morgan fingerprint density at radius 1 is 1.33 bits per heavy atom. The zero-order valence-electron chi connectivity index (χ0n) is 5.21. The summed E-state index contributed by atoms with van der Waals surface area (Å²) in [5, 5.41) is 2.75. The van der Waals surface area contributed by atoms with Crippen LogP contribution in [0.25, 0.3) is 0 Å². The number of nitrogens with one attached hydrogen (secondary N) is 1. The molecular weight excluding hydrogens is 74.1 g/mol. The number of rotatable bonds is 0. The number of hydrogen-bond acceptors (Lipinski definition) is 1. The van der Waals surface area contributed by atoms with Crippen LogP contribution in [0.2, 0.25) is 0 Å². The van der Waals surface area contributed by atoms with Crippen molar-refractivity contribution >= 4 is 0 Å². The van der Waals surface area contributed by atoms with Crippen LogP contribution in [0.1, 0.15) is 21.7 Å². The normalized spacial score (nSPS) is 6.00. The molecule has 0 aliphatic heterocycles. The fourth-order valence-electron chi connectivity index (χ4n) is 0. The SMILES string of the molecule is CCC.CNC.[HH]. The van der Waals surface area contributed by atoms with Gasteiger partial charge in [-0.2, -0.15) is 0 Å². The molecule has 0 aliphatic rings. The van der Waals surface area contributed by atoms with Crippen molar-refractivity contribution in [1.29, 1.82) is 0 Å². The largest absolute Gasteiger partial charge is 0.323 e. The minimum absolute atomic E-state index is 0. The van der Waals surface area contributed by atoms with E-state index in [2.05, 4.69) is 19.2 Å². The average molecular weight is 91.2 g/mol. The monoisotopic (exact) mass is 91.1 g/mol. The molecule has 1 N–H and O–H groups in total. The van der Waals surface area contributed by atoms with Crippen LogP contribution in [0.5, 0.6) is 0 Å². The highest BCUT2D eigenvalue weighted by molar-refractivity contribution is 3.92. The molecule has 0 rings (SSSR count). The molecule has 0 aromatic carbocycles. The van der Waals surface area contributed by atoms with E-state index >= 15 is 0 Å². The molecule has 0 heterocycles. The van der Waals surface area contributed by atoms with Crippen molar-refractivity contribution in [3.05, 3.63) is 0 Å². The first kappa shape index (κ1) is 9.35. The molecule has 0 aliphatic carbocycles. The first-order valence-corrected chi connectivity index (χ1v) is 2.41. The van der Waals surface area contributed by atoms with E-state index in [9.17, 15) is 0 Å². The van der Waals surface area contributed by atoms with Crippen LogP contribution in [0.15, 0.2) is 0 Å². The van der Waals surface area contributed by atoms with Gasteiger partial charge in [-0.05, 0) is 14.1 Å². The molecular formula is C5H17N. The lowest BCUT2D eigenvalue weighted by atomic mass is 10.6. The second-order valence-corrected chi connectivity index (χ2v) is 1.21. The predicted molar refractivity (Wildman–Crippen MR) is 33.1 cm³/mol. The van der Waals surface area contributed by atoms with E-state index < -0.39 is 0 Å². The van der Waals surface area contributed by atoms with Gasteiger partial charge in [0.1, 0.15) is 0 Å². The van der Waals surface area contributed by atoms with Gasteiger partial charge >= 0.3 is 0 Å². The minimum Gasteiger partial charge on any atom is -0.323 e. The van der Waals surface area contributed by atoms with Gasteiger partial charge in [0.05, 0.1) is 0 Å². The first-order chi connectivity index (χ1) is 2.83. The van der Waals surface area contributed by atoms with Crippen molar-refractivity contribution in [2.75, 3.05) is 14.1 Å². The molecule has 0 spiro atoms. The lowest BCUT2D eigenvalue weighted by molar-refractivity contribution is 1.02. The Morgan fingerprint density at radius 3 is 1.33 bits per heavy atom. The van der Waals surface area contributed by atoms with Crippen molar-refractivity contribution in [2.45, 2.75) is 20.3 Å². The van der Waals surface area contributed by atoms with Crippen LogP contribution in [0, 0.1) is 0 Å². The summed E-state index contributed by atoms with van der Waals surface area (Å²) in [5.74, 6) is 0. The fraction of sp³-hybridized carbons (Fsp3) is 1.00. The zero-order chi connectivity index (χ0) is 5.41. The van der Waals surface area contributed by atoms with E-state index in [1.807, 2.05) is 14.1 Å². The molecule has 0 unspecified atom stereocenters. The molecule has 0 aromatic rings. The maximum Gasteiger partial charge on any atom is 0 e. The van der Waals surface area contributed by atoms with Crippen molar-refractivity contribution in [2.24, 2.45) is 0 Å². The van der Waals surface area contributed by atoms with Crippen LogP contribution in [0.3, 0.4) is 0 Å². The van der Waals surface area contributed by atoms with Gasteiger partial charge in [0.25, 0.3) is 0 Å². The van der Waals surface area contributed by atoms with Crippen molar-refractivity contribution in [3.63, 3.8) is 0 Å². The molecule has 1 nitrogen and oxygen atoms in total. The lowest BCUT2D eigenvalue weighted by Gasteiger charge is -1.59. The Bertz CT molecular complexity index is 10.0. The zero-order valence-corrected chi connectivity index (χ0v) is 5.21. The average Bonchev–Trinajstić information content (AvgIpc) is 1.39. The minimum atomic E-state index is 0. The standard InChI is InChI=1S/C3H8.C2H7N.H2/c2*1-3-2;/h3H2,1-2H3;3H,1-2H3;1H. The van der Waals surface area contributed by atoms with E-state index in [-0.39, 0.29) is 1.43 Å². The third kappa shape index (κ3) is 21700. The van der Waals surface area contributed by atoms with Gasteiger partial charge in [-0.3, -0.25) is 0 Å². The Kier molecular flexibility index (Phi) is 31.6. The quantitative estimate of drug-likeness (QED) is 0.476. The smallest absolute Gasteiger partial charge is 0 e. The van der Waals surface area contributed by atoms with Crippen LogP contribution >= 0.6 is 0 Å². The Balaban J connectivity index is -0.0000000400. The summed E-state index contributed by atoms with van der Waals surface area (Å²) in [5.41, 5.74) is 0. The Hall–Kier alpha value is -0.0400. The summed E-state index contributed by atoms with van der Waals surface area (Å²) in [6.07, 6.45) is 1.25. The van der Waals surface area contributed by atoms with Crippen LogP contribution in [-0.4, -0.2) is 14.1 Å². The van der Waals surface area contributed by atoms with Gasteiger partial charge in [-0.25, -0.2) is 0 Å². The summed E-state index contributed by atoms with van der Waals surface area (Å²) in [6.45, 7) is 4.25. The molecule has 0 radical (unpaired) electrons. The second-order valence-electron chi connectivity index (χ2n) is 1.21. The molecule has 0 atom stereocenters. The Morgan fingerprint density at radius 2 is 1.33 bits per heavy atom. The summed E-state index contributed by atoms with van der Waals surface area (Å²) >= 11 is 0. The molecule has 6 heavy (non-hydrogen) atoms. The van der Waals surface area contributed by atoms with Gasteiger partial charge in [0, 0.05) is 1.43 Å². The van der Waals surface area contributed by atoms with Crippen molar-refractivity contribution in [1.82, 2.24) is 5.32 Å². The summed E-state index contributed by atoms with van der Waals surface area (Å²) in [4.78, 5) is 0. The molecule has 0 aromatic heterocycles. The van der Waals surface area contributed by atoms with E-state index in [0.717, 1.165) is 0 Å². The second kappa shape index (κ2) is 20.2. The van der Waals surface area contributed by atoms with E-state index in [0.29, 0.717) is 0 Å². The van der Waals surface area contributed by atoms with Crippen molar-refractivity contribution in [3.8, 4) is 0 Å². The predicted octanol–water partition coefficient (Wildman–Crippen LogP) is 1.50. The van der Waals surface area contributed by atoms with Crippen LogP contribution in [0.4, 0.5) is 0 Å². The third-order valence-electron chi connectivity index (χ3n) is 0. The molecule has 1 heteroatoms. The van der Waals surface area contributed by atoms with Gasteiger partial charge < -0.3 is 5.32 Å². The van der Waals surface area contributed by atoms with Gasteiger partial charge in [0.2, 0.25) is 0 Å². The fourth-order valence-corrected chi connectivity index (χ4v) is 0. The lowest BCUT2D eigenvalue weighted by Crippen LogP contribution is -1.89. The van der Waals surface area contributed by atoms with Crippen LogP contribution < -0.4 is 5.32 Å². The van der Waals surface area contributed by atoms with Crippen molar-refractivity contribution < 1.29 is 1.43 Å². The molecule has 0 amide bonds. The molecule has 0 saturated heterocycles. The third-order valence-corrected chi connectivity index (χ3v) is 0. The summed E-state index contributed by atoms with van der Waals surface area (Å²) in [7, 11) is 3.75. The highest BCUT2D eigenvalue weighted by atomic mass is 14.7. The Labute approximate surface area is 42.2 Å². The van der Waals surface area contributed by atoms with E-state index in [1.54, 1.807) is 0 Å². The van der Waals surface area contributed by atoms with Gasteiger partial charge in [-0.1, -0.05) is 20.3 Å². The highest BCUT2D eigenvalue weighted by Crippen LogP contribution is 1.56. The van der Waals surface area contributed by atoms with E-state index in [1.165, 1.54) is 6.42 Å². The topological polar surface area (TPSA) is 12.0 Å². The van der Waals surface area contributed by atoms with Crippen LogP contribution in [-0.2, 0) is 0 Å². The maximum atomic E-state index is 2.75. The first-order valence-electron chi connectivity index (χ1n) is 2.41. The summed E-state index contributed by atoms with van der Waals surface area (Å²) < 4.78 is 0. The highest BCUT2D eigenvalue weighted by Gasteiger charge is 1.35. The molecule has 0 saturated carbocycles. The summed E-state index contributed by atoms with van der Waals surface area (Å²) in [6, 6.07) is 0. The number of hydrogen-bond donors (Lipinski definition) is 1.